The van der Waals surface area contributed by atoms with Crippen LogP contribution in [0.25, 0.3) is 0 Å². The van der Waals surface area contributed by atoms with E-state index in [1.807, 2.05) is 6.07 Å². The third-order valence-electron chi connectivity index (χ3n) is 1.86. The van der Waals surface area contributed by atoms with Crippen LogP contribution in [-0.4, -0.2) is 15.1 Å². The van der Waals surface area contributed by atoms with Crippen LogP contribution in [0.4, 0.5) is 0 Å². The Balaban J connectivity index is 2.07. The second kappa shape index (κ2) is 4.02. The van der Waals surface area contributed by atoms with E-state index >= 15 is 0 Å². The molecule has 0 fully saturated rings. The molecule has 2 heterocycles. The molecule has 4 nitrogen and oxygen atoms in total. The molecule has 0 saturated carbocycles. The fourth-order valence-corrected chi connectivity index (χ4v) is 1.19. The van der Waals surface area contributed by atoms with E-state index in [0.717, 1.165) is 5.76 Å². The Hall–Kier alpha value is -1.68. The van der Waals surface area contributed by atoms with Gasteiger partial charge >= 0.3 is 0 Å². The summed E-state index contributed by atoms with van der Waals surface area (Å²) >= 11 is 0. The predicted octanol–water partition coefficient (Wildman–Crippen LogP) is 1.35. The molecule has 1 atom stereocenters. The van der Waals surface area contributed by atoms with Gasteiger partial charge in [-0.05, 0) is 18.2 Å². The van der Waals surface area contributed by atoms with Gasteiger partial charge in [-0.15, -0.1) is 0 Å². The highest BCUT2D eigenvalue weighted by Gasteiger charge is 2.11. The Kier molecular flexibility index (Phi) is 2.55. The molecule has 2 aromatic rings. The molecule has 0 spiro atoms. The number of aromatic nitrogens is 2. The highest BCUT2D eigenvalue weighted by atomic mass is 16.3. The lowest BCUT2D eigenvalue weighted by Gasteiger charge is -2.05. The standard InChI is InChI=1S/C10H10N2O2/c13-9(7-8-3-1-6-14-8)10-11-4-2-5-12-10/h1-6,9,13H,7H2. The lowest BCUT2D eigenvalue weighted by Crippen LogP contribution is -2.05. The van der Waals surface area contributed by atoms with Gasteiger partial charge in [0.2, 0.25) is 0 Å². The topological polar surface area (TPSA) is 59.2 Å². The van der Waals surface area contributed by atoms with Gasteiger partial charge < -0.3 is 9.52 Å². The smallest absolute Gasteiger partial charge is 0.157 e. The Bertz CT molecular complexity index is 372. The van der Waals surface area contributed by atoms with E-state index in [1.165, 1.54) is 0 Å². The van der Waals surface area contributed by atoms with Crippen LogP contribution in [0, 0.1) is 0 Å². The number of aliphatic hydroxyl groups is 1. The maximum absolute atomic E-state index is 9.71. The number of rotatable bonds is 3. The number of hydrogen-bond acceptors (Lipinski definition) is 4. The molecule has 0 aliphatic rings. The molecular formula is C10H10N2O2. The first-order chi connectivity index (χ1) is 6.86. The van der Waals surface area contributed by atoms with Crippen molar-refractivity contribution >= 4 is 0 Å². The Morgan fingerprint density at radius 2 is 2.07 bits per heavy atom. The third kappa shape index (κ3) is 1.97. The average molecular weight is 190 g/mol. The lowest BCUT2D eigenvalue weighted by molar-refractivity contribution is 0.160. The van der Waals surface area contributed by atoms with E-state index in [0.29, 0.717) is 12.2 Å². The van der Waals surface area contributed by atoms with E-state index < -0.39 is 6.10 Å². The number of nitrogens with zero attached hydrogens (tertiary/aromatic N) is 2. The van der Waals surface area contributed by atoms with E-state index in [4.69, 9.17) is 4.42 Å². The fourth-order valence-electron chi connectivity index (χ4n) is 1.19. The van der Waals surface area contributed by atoms with E-state index in [1.54, 1.807) is 30.8 Å². The molecule has 1 N–H and O–H groups in total. The summed E-state index contributed by atoms with van der Waals surface area (Å²) < 4.78 is 5.11. The highest BCUT2D eigenvalue weighted by Crippen LogP contribution is 2.13. The first kappa shape index (κ1) is 8.90. The minimum absolute atomic E-state index is 0.400. The van der Waals surface area contributed by atoms with Crippen molar-refractivity contribution in [3.8, 4) is 0 Å². The second-order valence-corrected chi connectivity index (χ2v) is 2.91. The molecule has 0 aliphatic carbocycles. The number of hydrogen-bond donors (Lipinski definition) is 1. The molecule has 0 radical (unpaired) electrons. The van der Waals surface area contributed by atoms with Crippen LogP contribution < -0.4 is 0 Å². The van der Waals surface area contributed by atoms with Crippen molar-refractivity contribution in [3.63, 3.8) is 0 Å². The summed E-state index contributed by atoms with van der Waals surface area (Å²) in [5, 5.41) is 9.71. The van der Waals surface area contributed by atoms with Crippen molar-refractivity contribution in [2.24, 2.45) is 0 Å². The van der Waals surface area contributed by atoms with Crippen LogP contribution in [0.15, 0.2) is 41.3 Å². The summed E-state index contributed by atoms with van der Waals surface area (Å²) in [7, 11) is 0. The van der Waals surface area contributed by atoms with Gasteiger partial charge in [0.1, 0.15) is 11.9 Å². The van der Waals surface area contributed by atoms with Crippen LogP contribution in [0.5, 0.6) is 0 Å². The van der Waals surface area contributed by atoms with E-state index in [-0.39, 0.29) is 0 Å². The Morgan fingerprint density at radius 3 is 2.71 bits per heavy atom. The van der Waals surface area contributed by atoms with Gasteiger partial charge in [0, 0.05) is 18.8 Å². The largest absolute Gasteiger partial charge is 0.469 e. The molecule has 2 aromatic heterocycles. The van der Waals surface area contributed by atoms with Gasteiger partial charge in [0.15, 0.2) is 5.82 Å². The van der Waals surface area contributed by atoms with Crippen LogP contribution in [0.3, 0.4) is 0 Å². The van der Waals surface area contributed by atoms with Crippen LogP contribution >= 0.6 is 0 Å². The molecule has 2 rings (SSSR count). The summed E-state index contributed by atoms with van der Waals surface area (Å²) in [5.41, 5.74) is 0. The molecule has 0 aliphatic heterocycles. The SMILES string of the molecule is OC(Cc1ccco1)c1ncccn1. The molecule has 0 saturated heterocycles. The zero-order valence-corrected chi connectivity index (χ0v) is 7.50. The zero-order valence-electron chi connectivity index (χ0n) is 7.50. The Labute approximate surface area is 81.2 Å². The quantitative estimate of drug-likeness (QED) is 0.793. The molecule has 1 unspecified atom stereocenters. The summed E-state index contributed by atoms with van der Waals surface area (Å²) in [5.74, 6) is 1.15. The van der Waals surface area contributed by atoms with Crippen molar-refractivity contribution in [3.05, 3.63) is 48.4 Å². The van der Waals surface area contributed by atoms with Crippen molar-refractivity contribution in [2.75, 3.05) is 0 Å². The summed E-state index contributed by atoms with van der Waals surface area (Å²) in [6, 6.07) is 5.31. The van der Waals surface area contributed by atoms with Gasteiger partial charge in [-0.3, -0.25) is 0 Å². The van der Waals surface area contributed by atoms with Gasteiger partial charge in [0.25, 0.3) is 0 Å². The monoisotopic (exact) mass is 190 g/mol. The van der Waals surface area contributed by atoms with Crippen molar-refractivity contribution in [2.45, 2.75) is 12.5 Å². The number of furan rings is 1. The van der Waals surface area contributed by atoms with Crippen molar-refractivity contribution in [1.29, 1.82) is 0 Å². The zero-order chi connectivity index (χ0) is 9.80. The molecule has 4 heteroatoms. The van der Waals surface area contributed by atoms with Crippen LogP contribution in [0.2, 0.25) is 0 Å². The van der Waals surface area contributed by atoms with Crippen molar-refractivity contribution < 1.29 is 9.52 Å². The summed E-state index contributed by atoms with van der Waals surface area (Å²) in [4.78, 5) is 7.91. The van der Waals surface area contributed by atoms with Crippen molar-refractivity contribution in [1.82, 2.24) is 9.97 Å². The minimum atomic E-state index is -0.706. The molecule has 72 valence electrons. The van der Waals surface area contributed by atoms with Gasteiger partial charge in [0.05, 0.1) is 6.26 Å². The van der Waals surface area contributed by atoms with Gasteiger partial charge in [-0.2, -0.15) is 0 Å². The molecular weight excluding hydrogens is 180 g/mol. The first-order valence-corrected chi connectivity index (χ1v) is 4.33. The molecule has 14 heavy (non-hydrogen) atoms. The molecule has 0 bridgehead atoms. The minimum Gasteiger partial charge on any atom is -0.469 e. The maximum atomic E-state index is 9.71. The first-order valence-electron chi connectivity index (χ1n) is 4.33. The molecule has 0 amide bonds. The lowest BCUT2D eigenvalue weighted by atomic mass is 10.2. The number of aliphatic hydroxyl groups excluding tert-OH is 1. The summed E-state index contributed by atoms with van der Waals surface area (Å²) in [6.07, 6.45) is 4.48. The van der Waals surface area contributed by atoms with E-state index in [2.05, 4.69) is 9.97 Å². The van der Waals surface area contributed by atoms with Crippen LogP contribution in [0.1, 0.15) is 17.7 Å². The average Bonchev–Trinajstić information content (AvgIpc) is 2.72. The van der Waals surface area contributed by atoms with E-state index in [9.17, 15) is 5.11 Å². The Morgan fingerprint density at radius 1 is 1.29 bits per heavy atom. The highest BCUT2D eigenvalue weighted by molar-refractivity contribution is 5.03. The third-order valence-corrected chi connectivity index (χ3v) is 1.86. The predicted molar refractivity (Wildman–Crippen MR) is 49.4 cm³/mol. The molecule has 0 aromatic carbocycles. The fraction of sp³-hybridized carbons (Fsp3) is 0.200. The maximum Gasteiger partial charge on any atom is 0.157 e. The normalized spacial score (nSPS) is 12.6. The van der Waals surface area contributed by atoms with Gasteiger partial charge in [-0.25, -0.2) is 9.97 Å². The van der Waals surface area contributed by atoms with Crippen LogP contribution in [-0.2, 0) is 6.42 Å². The second-order valence-electron chi connectivity index (χ2n) is 2.91. The summed E-state index contributed by atoms with van der Waals surface area (Å²) in [6.45, 7) is 0. The van der Waals surface area contributed by atoms with Gasteiger partial charge in [-0.1, -0.05) is 0 Å².